The Kier molecular flexibility index (Phi) is 4.25. The van der Waals surface area contributed by atoms with Crippen molar-refractivity contribution >= 4 is 30.1 Å². The second kappa shape index (κ2) is 6.55. The second-order valence-corrected chi connectivity index (χ2v) is 7.13. The van der Waals surface area contributed by atoms with Crippen LogP contribution in [-0.2, 0) is 9.30 Å². The van der Waals surface area contributed by atoms with E-state index in [1.54, 1.807) is 30.6 Å². The average molecular weight is 359 g/mol. The first-order chi connectivity index (χ1) is 12.1. The van der Waals surface area contributed by atoms with Gasteiger partial charge in [0.2, 0.25) is 8.03 Å². The van der Waals surface area contributed by atoms with E-state index in [9.17, 15) is 9.46 Å². The van der Waals surface area contributed by atoms with Crippen LogP contribution < -0.4 is 10.2 Å². The molecule has 1 unspecified atom stereocenters. The number of fused-ring (bicyclic) bond motifs is 1. The number of aromatic nitrogens is 4. The molecule has 1 aliphatic heterocycles. The van der Waals surface area contributed by atoms with E-state index in [2.05, 4.69) is 20.1 Å². The molecule has 4 rings (SSSR count). The minimum absolute atomic E-state index is 0.139. The Hall–Kier alpha value is -2.28. The molecule has 4 heterocycles. The van der Waals surface area contributed by atoms with E-state index in [0.717, 1.165) is 0 Å². The van der Waals surface area contributed by atoms with Gasteiger partial charge in [-0.05, 0) is 25.1 Å². The Labute approximate surface area is 144 Å². The number of nitrogens with zero attached hydrogens (tertiary/aromatic N) is 4. The van der Waals surface area contributed by atoms with E-state index >= 15 is 0 Å². The van der Waals surface area contributed by atoms with Crippen LogP contribution in [0.1, 0.15) is 6.92 Å². The maximum Gasteiger partial charge on any atom is 0.218 e. The highest BCUT2D eigenvalue weighted by Crippen LogP contribution is 2.30. The number of anilines is 1. The molecular weight excluding hydrogens is 341 g/mol. The number of aromatic amines is 1. The van der Waals surface area contributed by atoms with Crippen LogP contribution in [0.4, 0.5) is 5.82 Å². The standard InChI is InChI=1S/C16H18N5O3P/c1-10-9-24-7-6-21(10)14-8-13(25(22)23)11-2-4-17-16(15(11)19-14)12-3-5-18-20-12/h2-5,8,10,25H,6-7,9H2,1H3,(H,18,20)(H,22,23)/t10-/m1/s1. The molecule has 0 aliphatic carbocycles. The van der Waals surface area contributed by atoms with Gasteiger partial charge in [0.15, 0.2) is 0 Å². The summed E-state index contributed by atoms with van der Waals surface area (Å²) < 4.78 is 17.5. The molecule has 0 aromatic carbocycles. The molecule has 1 fully saturated rings. The number of morpholine rings is 1. The number of hydrogen-bond acceptors (Lipinski definition) is 6. The van der Waals surface area contributed by atoms with Crippen LogP contribution in [-0.4, -0.2) is 50.9 Å². The molecule has 1 aliphatic rings. The molecule has 3 aromatic rings. The second-order valence-electron chi connectivity index (χ2n) is 5.98. The van der Waals surface area contributed by atoms with Crippen LogP contribution >= 0.6 is 8.03 Å². The van der Waals surface area contributed by atoms with Gasteiger partial charge in [0.05, 0.1) is 24.9 Å². The summed E-state index contributed by atoms with van der Waals surface area (Å²) >= 11 is 0. The molecule has 8 nitrogen and oxygen atoms in total. The van der Waals surface area contributed by atoms with Crippen molar-refractivity contribution in [1.82, 2.24) is 20.2 Å². The third-order valence-corrected chi connectivity index (χ3v) is 5.24. The van der Waals surface area contributed by atoms with Crippen molar-refractivity contribution in [3.05, 3.63) is 30.6 Å². The molecule has 1 saturated heterocycles. The zero-order chi connectivity index (χ0) is 17.4. The fourth-order valence-electron chi connectivity index (χ4n) is 3.11. The van der Waals surface area contributed by atoms with Crippen molar-refractivity contribution in [2.45, 2.75) is 13.0 Å². The summed E-state index contributed by atoms with van der Waals surface area (Å²) in [5.74, 6) is 0.666. The van der Waals surface area contributed by atoms with Crippen molar-refractivity contribution < 1.29 is 14.2 Å². The molecule has 0 spiro atoms. The molecule has 0 saturated carbocycles. The molecule has 3 aromatic heterocycles. The molecule has 2 N–H and O–H groups in total. The van der Waals surface area contributed by atoms with E-state index < -0.39 is 8.03 Å². The maximum absolute atomic E-state index is 12.0. The van der Waals surface area contributed by atoms with Crippen molar-refractivity contribution in [2.24, 2.45) is 0 Å². The minimum Gasteiger partial charge on any atom is -0.377 e. The Morgan fingerprint density at radius 3 is 3.00 bits per heavy atom. The van der Waals surface area contributed by atoms with Gasteiger partial charge in [-0.15, -0.1) is 0 Å². The number of rotatable bonds is 3. The fourth-order valence-corrected chi connectivity index (χ4v) is 3.80. The molecule has 0 bridgehead atoms. The fraction of sp³-hybridized carbons (Fsp3) is 0.312. The normalized spacial score (nSPS) is 19.3. The Balaban J connectivity index is 1.96. The molecule has 130 valence electrons. The number of H-pyrrole nitrogens is 1. The average Bonchev–Trinajstić information content (AvgIpc) is 3.15. The van der Waals surface area contributed by atoms with Crippen LogP contribution in [0.25, 0.3) is 22.3 Å². The van der Waals surface area contributed by atoms with Gasteiger partial charge in [-0.3, -0.25) is 14.6 Å². The molecule has 2 atom stereocenters. The summed E-state index contributed by atoms with van der Waals surface area (Å²) in [5.41, 5.74) is 1.92. The van der Waals surface area contributed by atoms with E-state index in [1.807, 2.05) is 6.92 Å². The summed E-state index contributed by atoms with van der Waals surface area (Å²) in [5, 5.41) is 7.88. The van der Waals surface area contributed by atoms with Crippen LogP contribution in [0, 0.1) is 0 Å². The predicted octanol–water partition coefficient (Wildman–Crippen LogP) is 1.34. The molecular formula is C16H18N5O3P. The predicted molar refractivity (Wildman–Crippen MR) is 95.6 cm³/mol. The first kappa shape index (κ1) is 16.2. The van der Waals surface area contributed by atoms with Gasteiger partial charge in [-0.1, -0.05) is 0 Å². The zero-order valence-corrected chi connectivity index (χ0v) is 14.6. The topological polar surface area (TPSA) is 104 Å². The van der Waals surface area contributed by atoms with E-state index in [1.165, 1.54) is 0 Å². The molecule has 25 heavy (non-hydrogen) atoms. The third kappa shape index (κ3) is 2.93. The lowest BCUT2D eigenvalue weighted by atomic mass is 10.1. The van der Waals surface area contributed by atoms with E-state index in [0.29, 0.717) is 53.2 Å². The van der Waals surface area contributed by atoms with Gasteiger partial charge < -0.3 is 14.5 Å². The smallest absolute Gasteiger partial charge is 0.218 e. The lowest BCUT2D eigenvalue weighted by molar-refractivity contribution is 0.0986. The van der Waals surface area contributed by atoms with Crippen molar-refractivity contribution in [3.8, 4) is 11.4 Å². The quantitative estimate of drug-likeness (QED) is 0.680. The van der Waals surface area contributed by atoms with Crippen LogP contribution in [0.15, 0.2) is 30.6 Å². The van der Waals surface area contributed by atoms with Crippen LogP contribution in [0.2, 0.25) is 0 Å². The number of ether oxygens (including phenoxy) is 1. The highest BCUT2D eigenvalue weighted by molar-refractivity contribution is 7.48. The zero-order valence-electron chi connectivity index (χ0n) is 13.6. The van der Waals surface area contributed by atoms with Gasteiger partial charge in [0.1, 0.15) is 17.0 Å². The number of nitrogens with one attached hydrogen (secondary N) is 1. The number of hydrogen-bond donors (Lipinski definition) is 2. The van der Waals surface area contributed by atoms with Gasteiger partial charge in [0.25, 0.3) is 0 Å². The highest BCUT2D eigenvalue weighted by Gasteiger charge is 2.23. The first-order valence-corrected chi connectivity index (χ1v) is 9.38. The summed E-state index contributed by atoms with van der Waals surface area (Å²) in [7, 11) is -2.90. The SMILES string of the molecule is C[C@@H]1COCCN1c1cc([PH](=O)O)c2ccnc(-c3ccn[nH]3)c2n1. The minimum atomic E-state index is -2.90. The molecule has 9 heteroatoms. The lowest BCUT2D eigenvalue weighted by Crippen LogP contribution is -2.44. The van der Waals surface area contributed by atoms with Gasteiger partial charge >= 0.3 is 0 Å². The van der Waals surface area contributed by atoms with Gasteiger partial charge in [-0.25, -0.2) is 4.98 Å². The van der Waals surface area contributed by atoms with E-state index in [4.69, 9.17) is 9.72 Å². The Bertz CT molecular complexity index is 931. The first-order valence-electron chi connectivity index (χ1n) is 8.02. The molecule has 0 radical (unpaired) electrons. The van der Waals surface area contributed by atoms with Crippen LogP contribution in [0.3, 0.4) is 0 Å². The summed E-state index contributed by atoms with van der Waals surface area (Å²) in [6.07, 6.45) is 3.26. The van der Waals surface area contributed by atoms with Gasteiger partial charge in [0, 0.05) is 29.6 Å². The van der Waals surface area contributed by atoms with Crippen molar-refractivity contribution in [1.29, 1.82) is 0 Å². The summed E-state index contributed by atoms with van der Waals surface area (Å²) in [6.45, 7) is 3.94. The number of pyridine rings is 2. The largest absolute Gasteiger partial charge is 0.377 e. The molecule has 0 amide bonds. The maximum atomic E-state index is 12.0. The Morgan fingerprint density at radius 1 is 1.40 bits per heavy atom. The summed E-state index contributed by atoms with van der Waals surface area (Å²) in [4.78, 5) is 21.1. The highest BCUT2D eigenvalue weighted by atomic mass is 31.1. The monoisotopic (exact) mass is 359 g/mol. The van der Waals surface area contributed by atoms with Gasteiger partial charge in [-0.2, -0.15) is 5.10 Å². The van der Waals surface area contributed by atoms with Crippen molar-refractivity contribution in [2.75, 3.05) is 24.7 Å². The summed E-state index contributed by atoms with van der Waals surface area (Å²) in [6, 6.07) is 5.38. The van der Waals surface area contributed by atoms with E-state index in [-0.39, 0.29) is 6.04 Å². The lowest BCUT2D eigenvalue weighted by Gasteiger charge is -2.34. The third-order valence-electron chi connectivity index (χ3n) is 4.36. The van der Waals surface area contributed by atoms with Crippen LogP contribution in [0.5, 0.6) is 0 Å². The Morgan fingerprint density at radius 2 is 2.28 bits per heavy atom. The van der Waals surface area contributed by atoms with Crippen molar-refractivity contribution in [3.63, 3.8) is 0 Å².